The van der Waals surface area contributed by atoms with Crippen molar-refractivity contribution in [3.8, 4) is 17.2 Å². The third kappa shape index (κ3) is 5.48. The van der Waals surface area contributed by atoms with E-state index in [2.05, 4.69) is 33.3 Å². The number of aryl methyl sites for hydroxylation is 2. The Labute approximate surface area is 243 Å². The summed E-state index contributed by atoms with van der Waals surface area (Å²) in [6.07, 6.45) is 6.96. The molecule has 3 aromatic heterocycles. The maximum absolute atomic E-state index is 14.2. The first-order valence-corrected chi connectivity index (χ1v) is 14.5. The molecule has 0 atom stereocenters. The Bertz CT molecular complexity index is 1790. The quantitative estimate of drug-likeness (QED) is 0.235. The molecule has 10 heteroatoms. The van der Waals surface area contributed by atoms with E-state index in [1.165, 1.54) is 6.33 Å². The van der Waals surface area contributed by atoms with E-state index in [1.807, 2.05) is 57.6 Å². The predicted octanol–water partition coefficient (Wildman–Crippen LogP) is 5.36. The summed E-state index contributed by atoms with van der Waals surface area (Å²) in [4.78, 5) is 18.8. The second-order valence-electron chi connectivity index (χ2n) is 10.8. The molecule has 0 unspecified atom stereocenters. The molecule has 1 saturated carbocycles. The molecule has 0 radical (unpaired) electrons. The molecule has 42 heavy (non-hydrogen) atoms. The first-order chi connectivity index (χ1) is 20.6. The van der Waals surface area contributed by atoms with E-state index < -0.39 is 0 Å². The van der Waals surface area contributed by atoms with Crippen LogP contribution in [0, 0.1) is 18.3 Å². The van der Waals surface area contributed by atoms with Crippen LogP contribution in [0.15, 0.2) is 64.1 Å². The van der Waals surface area contributed by atoms with Gasteiger partial charge in [0.1, 0.15) is 12.9 Å². The molecule has 214 valence electrons. The van der Waals surface area contributed by atoms with Crippen LogP contribution in [0.1, 0.15) is 79.2 Å². The minimum Gasteiger partial charge on any atom is -0.423 e. The fourth-order valence-electron chi connectivity index (χ4n) is 5.97. The Hall–Kier alpha value is -4.62. The third-order valence-electron chi connectivity index (χ3n) is 8.03. The molecule has 10 nitrogen and oxygen atoms in total. The third-order valence-corrected chi connectivity index (χ3v) is 8.03. The second-order valence-corrected chi connectivity index (χ2v) is 10.8. The molecule has 3 heterocycles. The van der Waals surface area contributed by atoms with Crippen molar-refractivity contribution < 1.29 is 9.15 Å². The Kier molecular flexibility index (Phi) is 7.93. The van der Waals surface area contributed by atoms with Gasteiger partial charge < -0.3 is 9.15 Å². The van der Waals surface area contributed by atoms with Crippen LogP contribution in [0.3, 0.4) is 0 Å². The highest BCUT2D eigenvalue weighted by molar-refractivity contribution is 5.70. The van der Waals surface area contributed by atoms with Gasteiger partial charge in [0.2, 0.25) is 17.6 Å². The van der Waals surface area contributed by atoms with Crippen LogP contribution in [-0.4, -0.2) is 35.5 Å². The van der Waals surface area contributed by atoms with Gasteiger partial charge in [-0.1, -0.05) is 55.8 Å². The van der Waals surface area contributed by atoms with Crippen molar-refractivity contribution in [3.05, 3.63) is 99.4 Å². The van der Waals surface area contributed by atoms with E-state index >= 15 is 0 Å². The smallest absolute Gasteiger partial charge is 0.259 e. The molecule has 6 rings (SSSR count). The zero-order valence-corrected chi connectivity index (χ0v) is 23.9. The molecule has 1 aliphatic carbocycles. The molecule has 0 aliphatic heterocycles. The molecule has 0 amide bonds. The fourth-order valence-corrected chi connectivity index (χ4v) is 5.97. The lowest BCUT2D eigenvalue weighted by Crippen LogP contribution is -2.35. The van der Waals surface area contributed by atoms with Gasteiger partial charge in [0.25, 0.3) is 5.56 Å². The lowest BCUT2D eigenvalue weighted by atomic mass is 9.92. The van der Waals surface area contributed by atoms with E-state index in [0.29, 0.717) is 36.2 Å². The van der Waals surface area contributed by atoms with Crippen LogP contribution in [-0.2, 0) is 24.2 Å². The Morgan fingerprint density at radius 2 is 1.86 bits per heavy atom. The lowest BCUT2D eigenvalue weighted by molar-refractivity contribution is -0.00132. The lowest BCUT2D eigenvalue weighted by Gasteiger charge is -2.30. The molecule has 0 N–H and O–H groups in total. The molecule has 5 aromatic rings. The summed E-state index contributed by atoms with van der Waals surface area (Å²) in [7, 11) is 0. The minimum absolute atomic E-state index is 0.00329. The fraction of sp³-hybridized carbons (Fsp3) is 0.375. The van der Waals surface area contributed by atoms with Crippen molar-refractivity contribution in [3.63, 3.8) is 0 Å². The highest BCUT2D eigenvalue weighted by Crippen LogP contribution is 2.31. The van der Waals surface area contributed by atoms with E-state index in [4.69, 9.17) is 9.15 Å². The topological polar surface area (TPSA) is 124 Å². The van der Waals surface area contributed by atoms with Crippen LogP contribution < -0.4 is 5.56 Å². The van der Waals surface area contributed by atoms with Gasteiger partial charge in [-0.2, -0.15) is 15.3 Å². The maximum Gasteiger partial charge on any atom is 0.259 e. The summed E-state index contributed by atoms with van der Waals surface area (Å²) in [5.41, 5.74) is 5.21. The first kappa shape index (κ1) is 27.5. The summed E-state index contributed by atoms with van der Waals surface area (Å²) >= 11 is 0. The predicted molar refractivity (Wildman–Crippen MR) is 156 cm³/mol. The normalized spacial score (nSPS) is 17.0. The van der Waals surface area contributed by atoms with Gasteiger partial charge in [-0.05, 0) is 54.9 Å². The molecule has 2 aromatic carbocycles. The summed E-state index contributed by atoms with van der Waals surface area (Å²) in [5, 5.41) is 21.9. The van der Waals surface area contributed by atoms with Gasteiger partial charge >= 0.3 is 0 Å². The average molecular weight is 564 g/mol. The number of nitriles is 1. The largest absolute Gasteiger partial charge is 0.423 e. The number of rotatable bonds is 9. The van der Waals surface area contributed by atoms with Crippen molar-refractivity contribution in [2.24, 2.45) is 0 Å². The van der Waals surface area contributed by atoms with Crippen LogP contribution >= 0.6 is 0 Å². The average Bonchev–Trinajstić information content (AvgIpc) is 3.68. The highest BCUT2D eigenvalue weighted by Gasteiger charge is 2.28. The Morgan fingerprint density at radius 3 is 2.57 bits per heavy atom. The maximum atomic E-state index is 14.2. The van der Waals surface area contributed by atoms with Gasteiger partial charge in [0, 0.05) is 24.9 Å². The number of nitrogens with zero attached hydrogens (tertiary/aromatic N) is 7. The van der Waals surface area contributed by atoms with Crippen LogP contribution in [0.25, 0.3) is 16.9 Å². The number of hydrogen-bond donors (Lipinski definition) is 0. The van der Waals surface area contributed by atoms with E-state index in [0.717, 1.165) is 66.5 Å². The number of hydrogen-bond acceptors (Lipinski definition) is 8. The number of benzene rings is 2. The summed E-state index contributed by atoms with van der Waals surface area (Å²) in [6.45, 7) is 4.16. The molecule has 1 aliphatic rings. The van der Waals surface area contributed by atoms with E-state index in [-0.39, 0.29) is 17.7 Å². The number of aromatic nitrogens is 6. The van der Waals surface area contributed by atoms with Crippen molar-refractivity contribution in [2.45, 2.75) is 77.5 Å². The number of fused-ring (bicyclic) bond motifs is 1. The Balaban J connectivity index is 1.27. The SMILES string of the molecule is CCCc1c(Cc2ccc(-c3ccccc3C#N)cc2)c(=O)n(C2CCC(OCc3nnc(C)o3)CC2)c2ncnn12. The second kappa shape index (κ2) is 12.1. The van der Waals surface area contributed by atoms with Crippen LogP contribution in [0.4, 0.5) is 0 Å². The van der Waals surface area contributed by atoms with Crippen LogP contribution in [0.2, 0.25) is 0 Å². The molecular weight excluding hydrogens is 530 g/mol. The van der Waals surface area contributed by atoms with Gasteiger partial charge in [0.05, 0.1) is 23.4 Å². The van der Waals surface area contributed by atoms with Crippen molar-refractivity contribution in [1.29, 1.82) is 5.26 Å². The van der Waals surface area contributed by atoms with Gasteiger partial charge in [0.15, 0.2) is 0 Å². The van der Waals surface area contributed by atoms with Crippen LogP contribution in [0.5, 0.6) is 0 Å². The zero-order chi connectivity index (χ0) is 29.1. The summed E-state index contributed by atoms with van der Waals surface area (Å²) in [5.74, 6) is 1.60. The van der Waals surface area contributed by atoms with Gasteiger partial charge in [-0.3, -0.25) is 9.36 Å². The summed E-state index contributed by atoms with van der Waals surface area (Å²) in [6, 6.07) is 18.0. The standard InChI is InChI=1S/C32H33N7O3/c1-3-6-29-28(17-22-9-11-23(12-10-22)27-8-5-4-7-24(27)18-33)31(40)38(32-34-20-35-39(29)32)25-13-15-26(16-14-25)41-19-30-37-36-21(2)42-30/h4-5,7-12,20,25-26H,3,6,13-17,19H2,1-2H3. The molecule has 1 fully saturated rings. The van der Waals surface area contributed by atoms with Gasteiger partial charge in [-0.15, -0.1) is 10.2 Å². The molecule has 0 bridgehead atoms. The first-order valence-electron chi connectivity index (χ1n) is 14.5. The molecule has 0 spiro atoms. The molecule has 0 saturated heterocycles. The monoisotopic (exact) mass is 563 g/mol. The van der Waals surface area contributed by atoms with E-state index in [9.17, 15) is 10.1 Å². The zero-order valence-electron chi connectivity index (χ0n) is 23.9. The summed E-state index contributed by atoms with van der Waals surface area (Å²) < 4.78 is 15.2. The van der Waals surface area contributed by atoms with Crippen molar-refractivity contribution >= 4 is 5.78 Å². The van der Waals surface area contributed by atoms with Gasteiger partial charge in [-0.25, -0.2) is 4.52 Å². The highest BCUT2D eigenvalue weighted by atomic mass is 16.5. The molecular formula is C32H33N7O3. The Morgan fingerprint density at radius 1 is 1.07 bits per heavy atom. The number of ether oxygens (including phenoxy) is 1. The van der Waals surface area contributed by atoms with Crippen molar-refractivity contribution in [2.75, 3.05) is 0 Å². The minimum atomic E-state index is 0.00329. The van der Waals surface area contributed by atoms with E-state index in [1.54, 1.807) is 6.92 Å². The van der Waals surface area contributed by atoms with Crippen molar-refractivity contribution in [1.82, 2.24) is 29.4 Å².